The SMILES string of the molecule is Cc1ccc(CC(=O)N/N=C\c2cc(C)n(-c3cc(Cl)ccc3Cl)c2C)c(C)c1. The zero-order valence-corrected chi connectivity index (χ0v) is 18.4. The second kappa shape index (κ2) is 8.85. The van der Waals surface area contributed by atoms with Crippen LogP contribution in [0.25, 0.3) is 5.69 Å². The molecule has 0 aliphatic carbocycles. The van der Waals surface area contributed by atoms with Gasteiger partial charge in [0.2, 0.25) is 5.91 Å². The van der Waals surface area contributed by atoms with Gasteiger partial charge < -0.3 is 4.57 Å². The van der Waals surface area contributed by atoms with Crippen LogP contribution in [0.1, 0.15) is 33.6 Å². The third kappa shape index (κ3) is 4.89. The number of rotatable bonds is 5. The van der Waals surface area contributed by atoms with Crippen LogP contribution in [0.2, 0.25) is 10.0 Å². The third-order valence-corrected chi connectivity index (χ3v) is 5.42. The maximum absolute atomic E-state index is 12.2. The summed E-state index contributed by atoms with van der Waals surface area (Å²) < 4.78 is 2.02. The fraction of sp³-hybridized carbons (Fsp3) is 0.217. The average molecular weight is 428 g/mol. The first-order valence-electron chi connectivity index (χ1n) is 9.28. The van der Waals surface area contributed by atoms with E-state index in [1.54, 1.807) is 18.3 Å². The van der Waals surface area contributed by atoms with E-state index in [9.17, 15) is 4.79 Å². The first-order chi connectivity index (χ1) is 13.8. The smallest absolute Gasteiger partial charge is 0.244 e. The highest BCUT2D eigenvalue weighted by molar-refractivity contribution is 6.34. The summed E-state index contributed by atoms with van der Waals surface area (Å²) in [5.41, 5.74) is 9.55. The Balaban J connectivity index is 1.74. The summed E-state index contributed by atoms with van der Waals surface area (Å²) in [7, 11) is 0. The van der Waals surface area contributed by atoms with Crippen molar-refractivity contribution in [2.45, 2.75) is 34.1 Å². The fourth-order valence-corrected chi connectivity index (χ4v) is 3.75. The minimum atomic E-state index is -0.153. The maximum atomic E-state index is 12.2. The lowest BCUT2D eigenvalue weighted by molar-refractivity contribution is -0.120. The van der Waals surface area contributed by atoms with Crippen molar-refractivity contribution in [1.29, 1.82) is 0 Å². The van der Waals surface area contributed by atoms with Crippen LogP contribution in [0.3, 0.4) is 0 Å². The first kappa shape index (κ1) is 21.2. The van der Waals surface area contributed by atoms with Crippen LogP contribution in [-0.4, -0.2) is 16.7 Å². The zero-order valence-electron chi connectivity index (χ0n) is 16.9. The summed E-state index contributed by atoms with van der Waals surface area (Å²) in [5, 5.41) is 5.37. The van der Waals surface area contributed by atoms with Gasteiger partial charge in [-0.15, -0.1) is 0 Å². The van der Waals surface area contributed by atoms with Crippen molar-refractivity contribution in [3.05, 3.63) is 86.2 Å². The number of halogens is 2. The molecule has 6 heteroatoms. The van der Waals surface area contributed by atoms with Gasteiger partial charge in [-0.3, -0.25) is 4.79 Å². The van der Waals surface area contributed by atoms with Crippen LogP contribution in [0.4, 0.5) is 0 Å². The summed E-state index contributed by atoms with van der Waals surface area (Å²) >= 11 is 12.5. The molecule has 0 saturated carbocycles. The van der Waals surface area contributed by atoms with Crippen LogP contribution >= 0.6 is 23.2 Å². The van der Waals surface area contributed by atoms with E-state index in [4.69, 9.17) is 23.2 Å². The van der Waals surface area contributed by atoms with Gasteiger partial charge in [-0.25, -0.2) is 5.43 Å². The second-order valence-corrected chi connectivity index (χ2v) is 8.00. The summed E-state index contributed by atoms with van der Waals surface area (Å²) in [5.74, 6) is -0.153. The van der Waals surface area contributed by atoms with Gasteiger partial charge in [0.15, 0.2) is 0 Å². The normalized spacial score (nSPS) is 11.2. The van der Waals surface area contributed by atoms with E-state index in [-0.39, 0.29) is 5.91 Å². The van der Waals surface area contributed by atoms with E-state index < -0.39 is 0 Å². The molecule has 1 N–H and O–H groups in total. The molecule has 0 fully saturated rings. The van der Waals surface area contributed by atoms with Gasteiger partial charge in [-0.2, -0.15) is 5.10 Å². The largest absolute Gasteiger partial charge is 0.316 e. The van der Waals surface area contributed by atoms with Crippen molar-refractivity contribution in [2.75, 3.05) is 0 Å². The van der Waals surface area contributed by atoms with E-state index in [2.05, 4.69) is 16.6 Å². The predicted molar refractivity (Wildman–Crippen MR) is 121 cm³/mol. The molecule has 1 aromatic heterocycles. The van der Waals surface area contributed by atoms with Gasteiger partial charge in [-0.1, -0.05) is 47.0 Å². The molecule has 3 aromatic rings. The number of hydrogen-bond donors (Lipinski definition) is 1. The molecule has 4 nitrogen and oxygen atoms in total. The van der Waals surface area contributed by atoms with E-state index in [0.29, 0.717) is 16.5 Å². The molecule has 3 rings (SSSR count). The van der Waals surface area contributed by atoms with Gasteiger partial charge in [-0.05, 0) is 63.1 Å². The molecule has 0 radical (unpaired) electrons. The number of hydrogen-bond acceptors (Lipinski definition) is 2. The molecule has 0 aliphatic heterocycles. The van der Waals surface area contributed by atoms with Crippen molar-refractivity contribution in [3.8, 4) is 5.69 Å². The summed E-state index contributed by atoms with van der Waals surface area (Å²) in [4.78, 5) is 12.2. The molecule has 0 bridgehead atoms. The van der Waals surface area contributed by atoms with E-state index in [0.717, 1.165) is 33.8 Å². The predicted octanol–water partition coefficient (Wildman–Crippen LogP) is 5.71. The molecule has 1 amide bonds. The van der Waals surface area contributed by atoms with E-state index in [1.807, 2.05) is 56.5 Å². The molecule has 0 spiro atoms. The highest BCUT2D eigenvalue weighted by Gasteiger charge is 2.13. The molecular weight excluding hydrogens is 405 g/mol. The lowest BCUT2D eigenvalue weighted by Gasteiger charge is -2.12. The van der Waals surface area contributed by atoms with Crippen molar-refractivity contribution in [1.82, 2.24) is 9.99 Å². The molecular formula is C23H23Cl2N3O. The molecule has 0 saturated heterocycles. The van der Waals surface area contributed by atoms with Crippen molar-refractivity contribution in [3.63, 3.8) is 0 Å². The summed E-state index contributed by atoms with van der Waals surface area (Å²) in [6.45, 7) is 8.01. The van der Waals surface area contributed by atoms with Crippen LogP contribution in [0, 0.1) is 27.7 Å². The zero-order chi connectivity index (χ0) is 21.1. The molecule has 0 atom stereocenters. The van der Waals surface area contributed by atoms with Gasteiger partial charge in [0.05, 0.1) is 23.3 Å². The van der Waals surface area contributed by atoms with Crippen LogP contribution in [0.15, 0.2) is 47.6 Å². The third-order valence-electron chi connectivity index (χ3n) is 4.86. The number of carbonyl (C=O) groups excluding carboxylic acids is 1. The number of nitrogens with one attached hydrogen (secondary N) is 1. The highest BCUT2D eigenvalue weighted by atomic mass is 35.5. The monoisotopic (exact) mass is 427 g/mol. The van der Waals surface area contributed by atoms with E-state index in [1.165, 1.54) is 5.56 Å². The number of aryl methyl sites for hydroxylation is 3. The number of benzene rings is 2. The van der Waals surface area contributed by atoms with Gasteiger partial charge in [0, 0.05) is 22.0 Å². The number of carbonyl (C=O) groups is 1. The molecule has 150 valence electrons. The summed E-state index contributed by atoms with van der Waals surface area (Å²) in [6.07, 6.45) is 1.94. The topological polar surface area (TPSA) is 46.4 Å². The highest BCUT2D eigenvalue weighted by Crippen LogP contribution is 2.28. The average Bonchev–Trinajstić information content (AvgIpc) is 2.93. The van der Waals surface area contributed by atoms with Crippen LogP contribution in [0.5, 0.6) is 0 Å². The lowest BCUT2D eigenvalue weighted by Crippen LogP contribution is -2.20. The Morgan fingerprint density at radius 3 is 2.55 bits per heavy atom. The second-order valence-electron chi connectivity index (χ2n) is 7.16. The van der Waals surface area contributed by atoms with Crippen LogP contribution < -0.4 is 5.43 Å². The molecule has 1 heterocycles. The quantitative estimate of drug-likeness (QED) is 0.411. The number of amides is 1. The molecule has 2 aromatic carbocycles. The Morgan fingerprint density at radius 2 is 1.83 bits per heavy atom. The molecule has 0 unspecified atom stereocenters. The Bertz CT molecular complexity index is 1100. The van der Waals surface area contributed by atoms with Gasteiger partial charge in [0.1, 0.15) is 0 Å². The Morgan fingerprint density at radius 1 is 1.07 bits per heavy atom. The fourth-order valence-electron chi connectivity index (χ4n) is 3.38. The summed E-state index contributed by atoms with van der Waals surface area (Å²) in [6, 6.07) is 13.4. The van der Waals surface area contributed by atoms with Crippen molar-refractivity contribution >= 4 is 35.3 Å². The Labute approximate surface area is 181 Å². The van der Waals surface area contributed by atoms with Gasteiger partial charge in [0.25, 0.3) is 0 Å². The maximum Gasteiger partial charge on any atom is 0.244 e. The standard InChI is InChI=1S/C23H23Cl2N3O/c1-14-5-6-18(15(2)9-14)11-23(29)27-26-13-19-10-16(3)28(17(19)4)22-12-20(24)7-8-21(22)25/h5-10,12-13H,11H2,1-4H3,(H,27,29)/b26-13-. The molecule has 29 heavy (non-hydrogen) atoms. The number of hydrazone groups is 1. The number of nitrogens with zero attached hydrogens (tertiary/aromatic N) is 2. The van der Waals surface area contributed by atoms with Crippen molar-refractivity contribution < 1.29 is 4.79 Å². The van der Waals surface area contributed by atoms with Crippen LogP contribution in [-0.2, 0) is 11.2 Å². The number of aromatic nitrogens is 1. The minimum absolute atomic E-state index is 0.153. The van der Waals surface area contributed by atoms with E-state index >= 15 is 0 Å². The first-order valence-corrected chi connectivity index (χ1v) is 10.0. The minimum Gasteiger partial charge on any atom is -0.316 e. The molecule has 0 aliphatic rings. The van der Waals surface area contributed by atoms with Gasteiger partial charge >= 0.3 is 0 Å². The Kier molecular flexibility index (Phi) is 6.46. The van der Waals surface area contributed by atoms with Crippen molar-refractivity contribution in [2.24, 2.45) is 5.10 Å². The Hall–Kier alpha value is -2.56. The lowest BCUT2D eigenvalue weighted by atomic mass is 10.0.